The van der Waals surface area contributed by atoms with Gasteiger partial charge < -0.3 is 10.1 Å². The lowest BCUT2D eigenvalue weighted by atomic mass is 10.1. The molecule has 6 nitrogen and oxygen atoms in total. The van der Waals surface area contributed by atoms with Crippen molar-refractivity contribution in [2.45, 2.75) is 4.90 Å². The maximum absolute atomic E-state index is 12.2. The first-order valence-corrected chi connectivity index (χ1v) is 9.76. The van der Waals surface area contributed by atoms with Crippen LogP contribution in [0.2, 0.25) is 0 Å². The monoisotopic (exact) mass is 388 g/mol. The summed E-state index contributed by atoms with van der Waals surface area (Å²) in [6, 6.07) is 13.7. The molecule has 1 aliphatic heterocycles. The number of ether oxygens (including phenoxy) is 1. The minimum atomic E-state index is -1.09. The van der Waals surface area contributed by atoms with E-state index in [0.717, 1.165) is 4.90 Å². The van der Waals surface area contributed by atoms with E-state index in [0.29, 0.717) is 21.7 Å². The molecule has 0 saturated carbocycles. The van der Waals surface area contributed by atoms with Gasteiger partial charge in [0.2, 0.25) is 0 Å². The number of carbonyl (C=O) groups excluding carboxylic acids is 2. The maximum Gasteiger partial charge on any atom is 0.261 e. The highest BCUT2D eigenvalue weighted by Gasteiger charge is 2.34. The van der Waals surface area contributed by atoms with Gasteiger partial charge in [-0.05, 0) is 42.5 Å². The number of rotatable bonds is 5. The summed E-state index contributed by atoms with van der Waals surface area (Å²) in [5, 5.41) is 3.00. The molecule has 1 atom stereocenters. The van der Waals surface area contributed by atoms with Gasteiger partial charge in [0.15, 0.2) is 0 Å². The van der Waals surface area contributed by atoms with Gasteiger partial charge in [-0.25, -0.2) is 0 Å². The van der Waals surface area contributed by atoms with Crippen LogP contribution in [0.1, 0.15) is 20.7 Å². The van der Waals surface area contributed by atoms with Crippen LogP contribution in [-0.4, -0.2) is 45.5 Å². The molecule has 8 heteroatoms. The number of benzene rings is 2. The van der Waals surface area contributed by atoms with E-state index in [1.165, 1.54) is 0 Å². The third-order valence-corrected chi connectivity index (χ3v) is 4.98. The molecule has 1 aliphatic rings. The Morgan fingerprint density at radius 3 is 2.38 bits per heavy atom. The Labute approximate surface area is 158 Å². The van der Waals surface area contributed by atoms with Crippen LogP contribution < -0.4 is 5.32 Å². The Bertz CT molecular complexity index is 879. The molecule has 1 N–H and O–H groups in total. The topological polar surface area (TPSA) is 75.7 Å². The van der Waals surface area contributed by atoms with E-state index in [-0.39, 0.29) is 30.1 Å². The summed E-state index contributed by atoms with van der Waals surface area (Å²) >= 11 is 5.12. The summed E-state index contributed by atoms with van der Waals surface area (Å²) < 4.78 is 16.9. The zero-order chi connectivity index (χ0) is 18.7. The molecule has 1 heterocycles. The van der Waals surface area contributed by atoms with E-state index in [1.807, 2.05) is 0 Å². The molecule has 0 bridgehead atoms. The fraction of sp³-hybridized carbons (Fsp3) is 0.167. The van der Waals surface area contributed by atoms with Gasteiger partial charge in [-0.2, -0.15) is 0 Å². The van der Waals surface area contributed by atoms with Crippen LogP contribution in [0, 0.1) is 0 Å². The highest BCUT2D eigenvalue weighted by atomic mass is 32.2. The number of fused-ring (bicyclic) bond motifs is 1. The Morgan fingerprint density at radius 2 is 1.77 bits per heavy atom. The molecule has 2 amide bonds. The van der Waals surface area contributed by atoms with Gasteiger partial charge in [0, 0.05) is 27.6 Å². The quantitative estimate of drug-likeness (QED) is 0.626. The Kier molecular flexibility index (Phi) is 5.43. The zero-order valence-corrected chi connectivity index (χ0v) is 15.6. The minimum absolute atomic E-state index is 0.0801. The Hall–Kier alpha value is -2.58. The maximum atomic E-state index is 12.2. The second-order valence-electron chi connectivity index (χ2n) is 5.55. The molecule has 3 rings (SSSR count). The number of nitrogens with zero attached hydrogens (tertiary/aromatic N) is 1. The van der Waals surface area contributed by atoms with Crippen LogP contribution in [0.25, 0.3) is 0 Å². The number of hydrogen-bond acceptors (Lipinski definition) is 5. The molecular formula is C18H16N2O4S2. The van der Waals surface area contributed by atoms with E-state index in [1.54, 1.807) is 54.8 Å². The number of carbonyl (C=O) groups is 2. The summed E-state index contributed by atoms with van der Waals surface area (Å²) in [5.74, 6) is -0.655. The van der Waals surface area contributed by atoms with Crippen molar-refractivity contribution in [3.05, 3.63) is 59.7 Å². The number of thiocarbonyl (C=S) groups is 1. The number of hydrogen-bond donors (Lipinski definition) is 1. The molecule has 0 saturated heterocycles. The molecule has 1 unspecified atom stereocenters. The first kappa shape index (κ1) is 18.2. The van der Waals surface area contributed by atoms with Gasteiger partial charge in [0.25, 0.3) is 17.0 Å². The van der Waals surface area contributed by atoms with Crippen LogP contribution in [-0.2, 0) is 15.5 Å². The minimum Gasteiger partial charge on any atom is -0.469 e. The van der Waals surface area contributed by atoms with Gasteiger partial charge in [0.05, 0.1) is 17.7 Å². The molecule has 0 aliphatic carbocycles. The summed E-state index contributed by atoms with van der Waals surface area (Å²) in [5.41, 5.74) is 1.47. The highest BCUT2D eigenvalue weighted by Crippen LogP contribution is 2.22. The van der Waals surface area contributed by atoms with E-state index in [4.69, 9.17) is 17.0 Å². The van der Waals surface area contributed by atoms with E-state index in [9.17, 15) is 13.8 Å². The van der Waals surface area contributed by atoms with Crippen molar-refractivity contribution in [3.63, 3.8) is 0 Å². The lowest BCUT2D eigenvalue weighted by Crippen LogP contribution is -2.33. The smallest absolute Gasteiger partial charge is 0.261 e. The average Bonchev–Trinajstić information content (AvgIpc) is 2.87. The van der Waals surface area contributed by atoms with E-state index in [2.05, 4.69) is 5.32 Å². The predicted molar refractivity (Wildman–Crippen MR) is 103 cm³/mol. The lowest BCUT2D eigenvalue weighted by Gasteiger charge is -2.15. The summed E-state index contributed by atoms with van der Waals surface area (Å²) in [6.07, 6.45) is 1.59. The van der Waals surface area contributed by atoms with E-state index < -0.39 is 10.8 Å². The second kappa shape index (κ2) is 7.76. The summed E-state index contributed by atoms with van der Waals surface area (Å²) in [6.45, 7) is 0.184. The Balaban J connectivity index is 1.53. The van der Waals surface area contributed by atoms with Crippen molar-refractivity contribution in [1.82, 2.24) is 4.90 Å². The van der Waals surface area contributed by atoms with Crippen molar-refractivity contribution in [3.8, 4) is 0 Å². The molecule has 2 aromatic carbocycles. The third kappa shape index (κ3) is 3.81. The fourth-order valence-electron chi connectivity index (χ4n) is 2.58. The Morgan fingerprint density at radius 1 is 1.12 bits per heavy atom. The highest BCUT2D eigenvalue weighted by molar-refractivity contribution is 7.84. The largest absolute Gasteiger partial charge is 0.469 e. The second-order valence-corrected chi connectivity index (χ2v) is 7.30. The lowest BCUT2D eigenvalue weighted by molar-refractivity contribution is 0.0629. The molecule has 134 valence electrons. The van der Waals surface area contributed by atoms with Gasteiger partial charge in [-0.15, -0.1) is 0 Å². The van der Waals surface area contributed by atoms with Crippen molar-refractivity contribution >= 4 is 45.7 Å². The molecule has 0 aromatic heterocycles. The normalized spacial score (nSPS) is 14.1. The van der Waals surface area contributed by atoms with Crippen LogP contribution in [0.3, 0.4) is 0 Å². The van der Waals surface area contributed by atoms with E-state index >= 15 is 0 Å². The van der Waals surface area contributed by atoms with Crippen molar-refractivity contribution in [2.24, 2.45) is 0 Å². The van der Waals surface area contributed by atoms with Crippen molar-refractivity contribution < 1.29 is 18.5 Å². The van der Waals surface area contributed by atoms with Crippen molar-refractivity contribution in [1.29, 1.82) is 0 Å². The molecular weight excluding hydrogens is 372 g/mol. The molecule has 0 radical (unpaired) electrons. The molecule has 26 heavy (non-hydrogen) atoms. The number of imide groups is 1. The van der Waals surface area contributed by atoms with Crippen molar-refractivity contribution in [2.75, 3.05) is 24.7 Å². The molecule has 0 spiro atoms. The predicted octanol–water partition coefficient (Wildman–Crippen LogP) is 2.43. The van der Waals surface area contributed by atoms with Crippen LogP contribution in [0.15, 0.2) is 53.4 Å². The third-order valence-electron chi connectivity index (χ3n) is 3.84. The first-order valence-electron chi connectivity index (χ1n) is 7.80. The van der Waals surface area contributed by atoms with Gasteiger partial charge >= 0.3 is 0 Å². The van der Waals surface area contributed by atoms with Gasteiger partial charge in [-0.3, -0.25) is 18.7 Å². The molecule has 2 aromatic rings. The number of amides is 2. The van der Waals surface area contributed by atoms with Crippen LogP contribution in [0.4, 0.5) is 5.69 Å². The summed E-state index contributed by atoms with van der Waals surface area (Å²) in [4.78, 5) is 26.3. The fourth-order valence-corrected chi connectivity index (χ4v) is 3.34. The standard InChI is InChI=1S/C18H16N2O4S2/c1-26(23)13-6-4-5-12(11-13)19-18(25)24-10-9-20-16(21)14-7-2-3-8-15(14)17(20)22/h2-8,11H,9-10H2,1H3,(H,19,25). The number of nitrogens with one attached hydrogen (secondary N) is 1. The van der Waals surface area contributed by atoms with Gasteiger partial charge in [0.1, 0.15) is 6.61 Å². The van der Waals surface area contributed by atoms with Crippen LogP contribution in [0.5, 0.6) is 0 Å². The first-order chi connectivity index (χ1) is 12.5. The van der Waals surface area contributed by atoms with Gasteiger partial charge in [-0.1, -0.05) is 18.2 Å². The zero-order valence-electron chi connectivity index (χ0n) is 13.9. The van der Waals surface area contributed by atoms with Crippen LogP contribution >= 0.6 is 12.2 Å². The SMILES string of the molecule is CS(=O)c1cccc(NC(=S)OCCN2C(=O)c3ccccc3C2=O)c1. The number of anilines is 1. The molecule has 0 fully saturated rings. The summed E-state index contributed by atoms with van der Waals surface area (Å²) in [7, 11) is -1.09. The average molecular weight is 388 g/mol.